The molecule has 3 heteroatoms. The van der Waals surface area contributed by atoms with E-state index in [0.29, 0.717) is 6.54 Å². The van der Waals surface area contributed by atoms with Crippen molar-refractivity contribution in [3.63, 3.8) is 0 Å². The Kier molecular flexibility index (Phi) is 5.16. The average Bonchev–Trinajstić information content (AvgIpc) is 2.53. The molecule has 2 aromatic rings. The Morgan fingerprint density at radius 3 is 2.45 bits per heavy atom. The third kappa shape index (κ3) is 3.83. The molecule has 0 bridgehead atoms. The van der Waals surface area contributed by atoms with Gasteiger partial charge in [0.1, 0.15) is 5.75 Å². The molecular formula is C17H21NO2. The van der Waals surface area contributed by atoms with Crippen LogP contribution in [-0.4, -0.2) is 18.8 Å². The topological polar surface area (TPSA) is 41.5 Å². The number of rotatable bonds is 6. The highest BCUT2D eigenvalue weighted by molar-refractivity contribution is 5.30. The maximum atomic E-state index is 10.2. The molecule has 2 rings (SSSR count). The van der Waals surface area contributed by atoms with Crippen LogP contribution in [0.4, 0.5) is 0 Å². The Bertz CT molecular complexity index is 528. The quantitative estimate of drug-likeness (QED) is 0.848. The number of aliphatic hydroxyl groups is 1. The van der Waals surface area contributed by atoms with Crippen molar-refractivity contribution in [2.45, 2.75) is 19.1 Å². The number of hydrogen-bond acceptors (Lipinski definition) is 3. The fraction of sp³-hybridized carbons (Fsp3) is 0.294. The van der Waals surface area contributed by atoms with Gasteiger partial charge in [0.15, 0.2) is 0 Å². The van der Waals surface area contributed by atoms with Crippen LogP contribution in [0.15, 0.2) is 54.6 Å². The molecule has 106 valence electrons. The summed E-state index contributed by atoms with van der Waals surface area (Å²) in [7, 11) is 1.63. The maximum Gasteiger partial charge on any atom is 0.119 e. The molecule has 0 aliphatic carbocycles. The molecule has 2 N–H and O–H groups in total. The second kappa shape index (κ2) is 7.08. The number of nitrogens with one attached hydrogen (secondary N) is 1. The van der Waals surface area contributed by atoms with Crippen LogP contribution in [0.25, 0.3) is 0 Å². The summed E-state index contributed by atoms with van der Waals surface area (Å²) in [5.41, 5.74) is 2.07. The van der Waals surface area contributed by atoms with Gasteiger partial charge in [0.05, 0.1) is 13.2 Å². The Labute approximate surface area is 120 Å². The first kappa shape index (κ1) is 14.6. The second-order valence-corrected chi connectivity index (χ2v) is 4.83. The zero-order valence-electron chi connectivity index (χ0n) is 11.9. The SMILES string of the molecule is COc1cccc(C(O)CN[C@H](C)c2ccccc2)c1. The van der Waals surface area contributed by atoms with Gasteiger partial charge in [-0.1, -0.05) is 42.5 Å². The Balaban J connectivity index is 1.93. The smallest absolute Gasteiger partial charge is 0.119 e. The summed E-state index contributed by atoms with van der Waals surface area (Å²) in [6.07, 6.45) is -0.545. The van der Waals surface area contributed by atoms with Gasteiger partial charge in [-0.25, -0.2) is 0 Å². The van der Waals surface area contributed by atoms with E-state index in [-0.39, 0.29) is 6.04 Å². The number of methoxy groups -OCH3 is 1. The first-order valence-electron chi connectivity index (χ1n) is 6.81. The second-order valence-electron chi connectivity index (χ2n) is 4.83. The lowest BCUT2D eigenvalue weighted by Crippen LogP contribution is -2.24. The predicted octanol–water partition coefficient (Wildman–Crippen LogP) is 3.08. The molecule has 20 heavy (non-hydrogen) atoms. The predicted molar refractivity (Wildman–Crippen MR) is 80.8 cm³/mol. The molecule has 0 aliphatic heterocycles. The van der Waals surface area contributed by atoms with Gasteiger partial charge < -0.3 is 15.2 Å². The third-order valence-corrected chi connectivity index (χ3v) is 3.40. The van der Waals surface area contributed by atoms with E-state index in [2.05, 4.69) is 24.4 Å². The van der Waals surface area contributed by atoms with Gasteiger partial charge in [-0.15, -0.1) is 0 Å². The minimum Gasteiger partial charge on any atom is -0.497 e. The molecule has 3 nitrogen and oxygen atoms in total. The number of aliphatic hydroxyl groups excluding tert-OH is 1. The summed E-state index contributed by atoms with van der Waals surface area (Å²) in [6.45, 7) is 2.59. The molecule has 0 fully saturated rings. The molecule has 0 heterocycles. The van der Waals surface area contributed by atoms with Crippen molar-refractivity contribution in [3.8, 4) is 5.75 Å². The third-order valence-electron chi connectivity index (χ3n) is 3.40. The van der Waals surface area contributed by atoms with Gasteiger partial charge in [0.25, 0.3) is 0 Å². The van der Waals surface area contributed by atoms with Crippen LogP contribution in [0.1, 0.15) is 30.2 Å². The van der Waals surface area contributed by atoms with Crippen LogP contribution < -0.4 is 10.1 Å². The molecule has 0 amide bonds. The molecule has 0 saturated carbocycles. The van der Waals surface area contributed by atoms with E-state index in [1.807, 2.05) is 42.5 Å². The number of ether oxygens (including phenoxy) is 1. The van der Waals surface area contributed by atoms with Crippen molar-refractivity contribution < 1.29 is 9.84 Å². The van der Waals surface area contributed by atoms with E-state index in [4.69, 9.17) is 4.74 Å². The Morgan fingerprint density at radius 1 is 1.05 bits per heavy atom. The van der Waals surface area contributed by atoms with Crippen LogP contribution in [0, 0.1) is 0 Å². The summed E-state index contributed by atoms with van der Waals surface area (Å²) in [6, 6.07) is 17.9. The van der Waals surface area contributed by atoms with Crippen LogP contribution in [0.2, 0.25) is 0 Å². The highest BCUT2D eigenvalue weighted by atomic mass is 16.5. The van der Waals surface area contributed by atoms with Crippen molar-refractivity contribution in [3.05, 3.63) is 65.7 Å². The maximum absolute atomic E-state index is 10.2. The van der Waals surface area contributed by atoms with Crippen molar-refractivity contribution >= 4 is 0 Å². The van der Waals surface area contributed by atoms with Crippen LogP contribution in [0.5, 0.6) is 5.75 Å². The summed E-state index contributed by atoms with van der Waals surface area (Å²) < 4.78 is 5.17. The molecule has 1 unspecified atom stereocenters. The van der Waals surface area contributed by atoms with Gasteiger partial charge in [0, 0.05) is 12.6 Å². The molecule has 0 saturated heterocycles. The number of benzene rings is 2. The lowest BCUT2D eigenvalue weighted by Gasteiger charge is -2.18. The summed E-state index contributed by atoms with van der Waals surface area (Å²) in [4.78, 5) is 0. The molecule has 2 aromatic carbocycles. The van der Waals surface area contributed by atoms with Crippen molar-refractivity contribution in [2.24, 2.45) is 0 Å². The minimum absolute atomic E-state index is 0.205. The van der Waals surface area contributed by atoms with Crippen LogP contribution >= 0.6 is 0 Å². The normalized spacial score (nSPS) is 13.8. The molecule has 0 aliphatic rings. The van der Waals surface area contributed by atoms with E-state index >= 15 is 0 Å². The Hall–Kier alpha value is -1.84. The summed E-state index contributed by atoms with van der Waals surface area (Å²) in [5, 5.41) is 13.6. The van der Waals surface area contributed by atoms with Crippen LogP contribution in [0.3, 0.4) is 0 Å². The lowest BCUT2D eigenvalue weighted by atomic mass is 10.1. The first-order valence-corrected chi connectivity index (χ1v) is 6.81. The van der Waals surface area contributed by atoms with E-state index in [1.165, 1.54) is 5.56 Å². The first-order chi connectivity index (χ1) is 9.70. The summed E-state index contributed by atoms with van der Waals surface area (Å²) in [5.74, 6) is 0.762. The van der Waals surface area contributed by atoms with E-state index < -0.39 is 6.10 Å². The van der Waals surface area contributed by atoms with Crippen molar-refractivity contribution in [1.29, 1.82) is 0 Å². The number of hydrogen-bond donors (Lipinski definition) is 2. The van der Waals surface area contributed by atoms with E-state index in [9.17, 15) is 5.11 Å². The van der Waals surface area contributed by atoms with Gasteiger partial charge in [-0.3, -0.25) is 0 Å². The van der Waals surface area contributed by atoms with Crippen molar-refractivity contribution in [2.75, 3.05) is 13.7 Å². The zero-order chi connectivity index (χ0) is 14.4. The monoisotopic (exact) mass is 271 g/mol. The lowest BCUT2D eigenvalue weighted by molar-refractivity contribution is 0.170. The van der Waals surface area contributed by atoms with Gasteiger partial charge in [-0.2, -0.15) is 0 Å². The van der Waals surface area contributed by atoms with Gasteiger partial charge in [-0.05, 0) is 30.2 Å². The van der Waals surface area contributed by atoms with Gasteiger partial charge in [0.2, 0.25) is 0 Å². The molecule has 0 aromatic heterocycles. The average molecular weight is 271 g/mol. The standard InChI is InChI=1S/C17H21NO2/c1-13(14-7-4-3-5-8-14)18-12-17(19)15-9-6-10-16(11-15)20-2/h3-11,13,17-19H,12H2,1-2H3/t13-,17?/m1/s1. The fourth-order valence-corrected chi connectivity index (χ4v) is 2.11. The van der Waals surface area contributed by atoms with Crippen molar-refractivity contribution in [1.82, 2.24) is 5.32 Å². The van der Waals surface area contributed by atoms with E-state index in [1.54, 1.807) is 7.11 Å². The van der Waals surface area contributed by atoms with E-state index in [0.717, 1.165) is 11.3 Å². The zero-order valence-corrected chi connectivity index (χ0v) is 11.9. The summed E-state index contributed by atoms with van der Waals surface area (Å²) >= 11 is 0. The highest BCUT2D eigenvalue weighted by Gasteiger charge is 2.11. The van der Waals surface area contributed by atoms with Crippen LogP contribution in [-0.2, 0) is 0 Å². The highest BCUT2D eigenvalue weighted by Crippen LogP contribution is 2.19. The fourth-order valence-electron chi connectivity index (χ4n) is 2.11. The Morgan fingerprint density at radius 2 is 1.75 bits per heavy atom. The van der Waals surface area contributed by atoms with Gasteiger partial charge >= 0.3 is 0 Å². The molecule has 0 spiro atoms. The molecular weight excluding hydrogens is 250 g/mol. The molecule has 2 atom stereocenters. The molecule has 0 radical (unpaired) electrons. The largest absolute Gasteiger partial charge is 0.497 e. The minimum atomic E-state index is -0.545.